The Kier molecular flexibility index (Phi) is 7.74. The highest BCUT2D eigenvalue weighted by Crippen LogP contribution is 2.25. The van der Waals surface area contributed by atoms with Gasteiger partial charge >= 0.3 is 5.69 Å². The molecule has 0 atom stereocenters. The number of nitrogens with zero attached hydrogens (tertiary/aromatic N) is 2. The molecule has 0 unspecified atom stereocenters. The van der Waals surface area contributed by atoms with Crippen molar-refractivity contribution in [2.75, 3.05) is 24.4 Å². The Labute approximate surface area is 194 Å². The molecule has 32 heavy (non-hydrogen) atoms. The highest BCUT2D eigenvalue weighted by molar-refractivity contribution is 6.42. The number of benzene rings is 2. The van der Waals surface area contributed by atoms with Crippen LogP contribution in [0, 0.1) is 0 Å². The summed E-state index contributed by atoms with van der Waals surface area (Å²) >= 11 is 12.0. The summed E-state index contributed by atoms with van der Waals surface area (Å²) in [6.07, 6.45) is -0.0558. The monoisotopic (exact) mass is 476 g/mol. The van der Waals surface area contributed by atoms with Crippen molar-refractivity contribution in [1.29, 1.82) is 0 Å². The van der Waals surface area contributed by atoms with Crippen molar-refractivity contribution in [3.05, 3.63) is 90.5 Å². The minimum absolute atomic E-state index is 0.0558. The normalized spacial score (nSPS) is 10.8. The molecule has 0 saturated carbocycles. The molecule has 168 valence electrons. The zero-order valence-electron chi connectivity index (χ0n) is 17.3. The molecule has 0 aliphatic carbocycles. The van der Waals surface area contributed by atoms with E-state index >= 15 is 0 Å². The van der Waals surface area contributed by atoms with Crippen molar-refractivity contribution in [3.63, 3.8) is 0 Å². The molecule has 0 saturated heterocycles. The van der Waals surface area contributed by atoms with Crippen LogP contribution in [0.15, 0.2) is 58.1 Å². The lowest BCUT2D eigenvalue weighted by atomic mass is 10.1. The number of H-pyrrole nitrogens is 1. The Hall–Kier alpha value is -3.07. The summed E-state index contributed by atoms with van der Waals surface area (Å²) in [5.41, 5.74) is 6.08. The van der Waals surface area contributed by atoms with E-state index in [1.54, 1.807) is 18.2 Å². The maximum atomic E-state index is 13.4. The molecule has 0 bridgehead atoms. The summed E-state index contributed by atoms with van der Waals surface area (Å²) in [6, 6.07) is 14.0. The van der Waals surface area contributed by atoms with E-state index in [-0.39, 0.29) is 37.6 Å². The first-order chi connectivity index (χ1) is 15.3. The minimum atomic E-state index is -0.750. The van der Waals surface area contributed by atoms with Gasteiger partial charge in [-0.2, -0.15) is 0 Å². The summed E-state index contributed by atoms with van der Waals surface area (Å²) in [7, 11) is 1.48. The molecule has 1 heterocycles. The fourth-order valence-corrected chi connectivity index (χ4v) is 3.54. The zero-order chi connectivity index (χ0) is 23.3. The first-order valence-electron chi connectivity index (χ1n) is 9.71. The number of methoxy groups -OCH3 is 1. The smallest absolute Gasteiger partial charge is 0.330 e. The summed E-state index contributed by atoms with van der Waals surface area (Å²) < 4.78 is 6.19. The summed E-state index contributed by atoms with van der Waals surface area (Å²) in [6.45, 7) is 0.396. The third-order valence-electron chi connectivity index (χ3n) is 4.83. The largest absolute Gasteiger partial charge is 0.383 e. The van der Waals surface area contributed by atoms with Crippen LogP contribution >= 0.6 is 23.2 Å². The van der Waals surface area contributed by atoms with Crippen LogP contribution in [0.2, 0.25) is 10.0 Å². The van der Waals surface area contributed by atoms with Gasteiger partial charge in [0.05, 0.1) is 36.2 Å². The van der Waals surface area contributed by atoms with E-state index in [1.165, 1.54) is 16.6 Å². The van der Waals surface area contributed by atoms with Gasteiger partial charge < -0.3 is 10.5 Å². The summed E-state index contributed by atoms with van der Waals surface area (Å²) in [5, 5.41) is 0.687. The number of carbonyl (C=O) groups is 1. The Bertz CT molecular complexity index is 1220. The van der Waals surface area contributed by atoms with E-state index < -0.39 is 17.2 Å². The third-order valence-corrected chi connectivity index (χ3v) is 5.57. The molecule has 1 aromatic heterocycles. The fraction of sp³-hybridized carbons (Fsp3) is 0.227. The van der Waals surface area contributed by atoms with Crippen LogP contribution in [0.4, 0.5) is 11.5 Å². The summed E-state index contributed by atoms with van der Waals surface area (Å²) in [5.74, 6) is -0.518. The van der Waals surface area contributed by atoms with Crippen LogP contribution < -0.4 is 21.9 Å². The van der Waals surface area contributed by atoms with Crippen molar-refractivity contribution in [2.24, 2.45) is 0 Å². The molecule has 3 N–H and O–H groups in total. The molecule has 2 aromatic carbocycles. The Morgan fingerprint density at radius 2 is 1.81 bits per heavy atom. The van der Waals surface area contributed by atoms with E-state index in [9.17, 15) is 14.4 Å². The zero-order valence-corrected chi connectivity index (χ0v) is 18.8. The predicted octanol–water partition coefficient (Wildman–Crippen LogP) is 2.85. The molecular formula is C22H22Cl2N4O4. The number of nitrogens with two attached hydrogens (primary N) is 1. The molecule has 0 spiro atoms. The van der Waals surface area contributed by atoms with Crippen molar-refractivity contribution in [2.45, 2.75) is 19.5 Å². The Morgan fingerprint density at radius 3 is 2.47 bits per heavy atom. The van der Waals surface area contributed by atoms with Gasteiger partial charge in [-0.25, -0.2) is 4.79 Å². The number of rotatable bonds is 8. The maximum absolute atomic E-state index is 13.4. The van der Waals surface area contributed by atoms with Gasteiger partial charge in [0.2, 0.25) is 5.91 Å². The van der Waals surface area contributed by atoms with Gasteiger partial charge in [0.15, 0.2) is 5.69 Å². The predicted molar refractivity (Wildman–Crippen MR) is 125 cm³/mol. The lowest BCUT2D eigenvalue weighted by molar-refractivity contribution is -0.118. The van der Waals surface area contributed by atoms with Gasteiger partial charge in [-0.15, -0.1) is 0 Å². The van der Waals surface area contributed by atoms with E-state index in [1.807, 2.05) is 30.3 Å². The number of aromatic amines is 1. The number of halogens is 2. The van der Waals surface area contributed by atoms with Gasteiger partial charge in [0.25, 0.3) is 5.56 Å². The second-order valence-corrected chi connectivity index (χ2v) is 7.84. The molecule has 3 rings (SSSR count). The quantitative estimate of drug-likeness (QED) is 0.519. The SMILES string of the molecule is COCCn1c(N)c(N(Cc2ccccc2)C(=O)Cc2ccc(Cl)c(Cl)c2)c(=O)[nH]c1=O. The number of nitrogens with one attached hydrogen (secondary N) is 1. The molecule has 0 radical (unpaired) electrons. The van der Waals surface area contributed by atoms with Crippen LogP contribution in [0.5, 0.6) is 0 Å². The first-order valence-corrected chi connectivity index (χ1v) is 10.5. The minimum Gasteiger partial charge on any atom is -0.383 e. The van der Waals surface area contributed by atoms with Crippen molar-refractivity contribution >= 4 is 40.6 Å². The molecule has 10 heteroatoms. The lowest BCUT2D eigenvalue weighted by Gasteiger charge is -2.25. The van der Waals surface area contributed by atoms with Gasteiger partial charge in [-0.3, -0.25) is 24.0 Å². The average Bonchev–Trinajstić information content (AvgIpc) is 2.76. The van der Waals surface area contributed by atoms with Gasteiger partial charge in [0.1, 0.15) is 5.82 Å². The number of aromatic nitrogens is 2. The van der Waals surface area contributed by atoms with Gasteiger partial charge in [0, 0.05) is 7.11 Å². The first kappa shape index (κ1) is 23.6. The molecule has 0 fully saturated rings. The number of hydrogen-bond acceptors (Lipinski definition) is 5. The van der Waals surface area contributed by atoms with Crippen molar-refractivity contribution in [3.8, 4) is 0 Å². The molecule has 0 aliphatic rings. The van der Waals surface area contributed by atoms with Crippen molar-refractivity contribution in [1.82, 2.24) is 9.55 Å². The van der Waals surface area contributed by atoms with E-state index in [0.29, 0.717) is 15.6 Å². The van der Waals surface area contributed by atoms with E-state index in [4.69, 9.17) is 33.7 Å². The van der Waals surface area contributed by atoms with Gasteiger partial charge in [-0.1, -0.05) is 59.6 Å². The highest BCUT2D eigenvalue weighted by atomic mass is 35.5. The van der Waals surface area contributed by atoms with Gasteiger partial charge in [-0.05, 0) is 23.3 Å². The molecule has 8 nitrogen and oxygen atoms in total. The highest BCUT2D eigenvalue weighted by Gasteiger charge is 2.25. The number of hydrogen-bond donors (Lipinski definition) is 2. The number of ether oxygens (including phenoxy) is 1. The van der Waals surface area contributed by atoms with E-state index in [2.05, 4.69) is 4.98 Å². The molecular weight excluding hydrogens is 455 g/mol. The Balaban J connectivity index is 2.06. The van der Waals surface area contributed by atoms with E-state index in [0.717, 1.165) is 5.56 Å². The fourth-order valence-electron chi connectivity index (χ4n) is 3.22. The lowest BCUT2D eigenvalue weighted by Crippen LogP contribution is -2.41. The number of anilines is 2. The second kappa shape index (κ2) is 10.5. The number of nitrogen functional groups attached to an aromatic ring is 1. The number of amides is 1. The summed E-state index contributed by atoms with van der Waals surface area (Å²) in [4.78, 5) is 41.9. The standard InChI is InChI=1S/C22H22Cl2N4O4/c1-32-10-9-27-20(25)19(21(30)26-22(27)31)28(13-14-5-3-2-4-6-14)18(29)12-15-7-8-16(23)17(24)11-15/h2-8,11H,9-10,12-13,25H2,1H3,(H,26,30,31). The molecule has 0 aliphatic heterocycles. The van der Waals surface area contributed by atoms with Crippen LogP contribution in [0.25, 0.3) is 0 Å². The van der Waals surface area contributed by atoms with Crippen molar-refractivity contribution < 1.29 is 9.53 Å². The average molecular weight is 477 g/mol. The number of carbonyl (C=O) groups excluding carboxylic acids is 1. The second-order valence-electron chi connectivity index (χ2n) is 7.03. The van der Waals surface area contributed by atoms with Crippen LogP contribution in [0.1, 0.15) is 11.1 Å². The topological polar surface area (TPSA) is 110 Å². The maximum Gasteiger partial charge on any atom is 0.330 e. The Morgan fingerprint density at radius 1 is 1.09 bits per heavy atom. The molecule has 1 amide bonds. The van der Waals surface area contributed by atoms with Crippen LogP contribution in [-0.4, -0.2) is 29.2 Å². The van der Waals surface area contributed by atoms with Crippen LogP contribution in [-0.2, 0) is 29.0 Å². The third kappa shape index (κ3) is 5.40. The van der Waals surface area contributed by atoms with Crippen LogP contribution in [0.3, 0.4) is 0 Å². The molecule has 3 aromatic rings.